The van der Waals surface area contributed by atoms with Crippen molar-refractivity contribution in [3.8, 4) is 0 Å². The molecule has 0 aliphatic heterocycles. The molecule has 2 nitrogen and oxygen atoms in total. The van der Waals surface area contributed by atoms with Gasteiger partial charge in [0.25, 0.3) is 0 Å². The predicted molar refractivity (Wildman–Crippen MR) is 53.7 cm³/mol. The van der Waals surface area contributed by atoms with E-state index in [0.29, 0.717) is 5.76 Å². The molecule has 12 heavy (non-hydrogen) atoms. The van der Waals surface area contributed by atoms with Crippen molar-refractivity contribution in [2.75, 3.05) is 0 Å². The van der Waals surface area contributed by atoms with Gasteiger partial charge in [0.05, 0.1) is 16.8 Å². The van der Waals surface area contributed by atoms with E-state index in [0.717, 1.165) is 4.48 Å². The monoisotopic (exact) mass is 232 g/mol. The van der Waals surface area contributed by atoms with E-state index >= 15 is 0 Å². The molecule has 0 heterocycles. The van der Waals surface area contributed by atoms with Crippen molar-refractivity contribution in [1.29, 1.82) is 0 Å². The minimum atomic E-state index is -0.486. The van der Waals surface area contributed by atoms with Crippen molar-refractivity contribution >= 4 is 15.9 Å². The average molecular weight is 233 g/mol. The Kier molecular flexibility index (Phi) is 5.76. The summed E-state index contributed by atoms with van der Waals surface area (Å²) in [5.41, 5.74) is 0. The topological polar surface area (TPSA) is 29.5 Å². The average Bonchev–Trinajstić information content (AvgIpc) is 2.02. The zero-order valence-electron chi connectivity index (χ0n) is 7.25. The molecule has 3 heteroatoms. The quantitative estimate of drug-likeness (QED) is 0.597. The van der Waals surface area contributed by atoms with E-state index in [9.17, 15) is 0 Å². The lowest BCUT2D eigenvalue weighted by Crippen LogP contribution is -1.92. The molecule has 0 aromatic heterocycles. The maximum absolute atomic E-state index is 8.85. The maximum atomic E-state index is 8.85. The lowest BCUT2D eigenvalue weighted by molar-refractivity contribution is 0.237. The van der Waals surface area contributed by atoms with Gasteiger partial charge in [-0.2, -0.15) is 0 Å². The van der Waals surface area contributed by atoms with Crippen molar-refractivity contribution in [3.63, 3.8) is 0 Å². The van der Waals surface area contributed by atoms with Crippen LogP contribution in [0, 0.1) is 0 Å². The van der Waals surface area contributed by atoms with Crippen LogP contribution in [0.15, 0.2) is 35.2 Å². The number of ether oxygens (including phenoxy) is 1. The zero-order chi connectivity index (χ0) is 9.56. The summed E-state index contributed by atoms with van der Waals surface area (Å²) in [4.78, 5) is 0. The number of aliphatic hydroxyl groups excluding tert-OH is 1. The summed E-state index contributed by atoms with van der Waals surface area (Å²) >= 11 is 3.25. The van der Waals surface area contributed by atoms with E-state index in [1.807, 2.05) is 0 Å². The van der Waals surface area contributed by atoms with E-state index < -0.39 is 6.10 Å². The van der Waals surface area contributed by atoms with Crippen LogP contribution in [0.1, 0.15) is 13.8 Å². The van der Waals surface area contributed by atoms with Crippen LogP contribution in [0.5, 0.6) is 0 Å². The first-order valence-electron chi connectivity index (χ1n) is 3.58. The van der Waals surface area contributed by atoms with Crippen molar-refractivity contribution < 1.29 is 9.84 Å². The Hall–Kier alpha value is -0.540. The molecule has 0 bridgehead atoms. The number of rotatable bonds is 4. The van der Waals surface area contributed by atoms with Gasteiger partial charge in [-0.1, -0.05) is 12.7 Å². The molecule has 0 aromatic carbocycles. The highest BCUT2D eigenvalue weighted by Gasteiger charge is 1.92. The summed E-state index contributed by atoms with van der Waals surface area (Å²) in [6.45, 7) is 7.02. The van der Waals surface area contributed by atoms with E-state index in [-0.39, 0.29) is 0 Å². The van der Waals surface area contributed by atoms with E-state index in [1.165, 1.54) is 6.26 Å². The van der Waals surface area contributed by atoms with Crippen LogP contribution in [0.3, 0.4) is 0 Å². The molecule has 0 radical (unpaired) electrons. The van der Waals surface area contributed by atoms with Gasteiger partial charge in [0.1, 0.15) is 5.76 Å². The largest absolute Gasteiger partial charge is 0.469 e. The second-order valence-corrected chi connectivity index (χ2v) is 3.15. The Labute approximate surface area is 81.4 Å². The first-order valence-corrected chi connectivity index (χ1v) is 4.37. The van der Waals surface area contributed by atoms with Crippen LogP contribution < -0.4 is 0 Å². The Bertz CT molecular complexity index is 205. The van der Waals surface area contributed by atoms with Crippen molar-refractivity contribution in [3.05, 3.63) is 35.2 Å². The van der Waals surface area contributed by atoms with Crippen LogP contribution in [-0.2, 0) is 4.74 Å². The standard InChI is InChI=1S/C9H13BrO2/c1-4-9(10)8(3)12-6-5-7(2)11/h4-7,11H,1H2,2-3H3/b6-5-,9-8-. The number of hydrogen-bond donors (Lipinski definition) is 1. The molecule has 1 unspecified atom stereocenters. The van der Waals surface area contributed by atoms with Crippen LogP contribution in [0.25, 0.3) is 0 Å². The molecular weight excluding hydrogens is 220 g/mol. The molecule has 1 atom stereocenters. The van der Waals surface area contributed by atoms with Gasteiger partial charge in [-0.25, -0.2) is 0 Å². The Morgan fingerprint density at radius 3 is 2.67 bits per heavy atom. The van der Waals surface area contributed by atoms with Crippen LogP contribution in [0.2, 0.25) is 0 Å². The fraction of sp³-hybridized carbons (Fsp3) is 0.333. The first-order chi connectivity index (χ1) is 5.57. The van der Waals surface area contributed by atoms with Gasteiger partial charge >= 0.3 is 0 Å². The van der Waals surface area contributed by atoms with Gasteiger partial charge in [-0.15, -0.1) is 0 Å². The summed E-state index contributed by atoms with van der Waals surface area (Å²) in [5, 5.41) is 8.85. The fourth-order valence-corrected chi connectivity index (χ4v) is 0.549. The lowest BCUT2D eigenvalue weighted by Gasteiger charge is -2.01. The molecule has 68 valence electrons. The van der Waals surface area contributed by atoms with Crippen molar-refractivity contribution in [1.82, 2.24) is 0 Å². The highest BCUT2D eigenvalue weighted by atomic mass is 79.9. The molecule has 1 N–H and O–H groups in total. The van der Waals surface area contributed by atoms with E-state index in [1.54, 1.807) is 26.0 Å². The Morgan fingerprint density at radius 1 is 1.67 bits per heavy atom. The van der Waals surface area contributed by atoms with Gasteiger partial charge in [0.2, 0.25) is 0 Å². The van der Waals surface area contributed by atoms with Gasteiger partial charge < -0.3 is 9.84 Å². The van der Waals surface area contributed by atoms with Gasteiger partial charge in [0.15, 0.2) is 0 Å². The lowest BCUT2D eigenvalue weighted by atomic mass is 10.4. The summed E-state index contributed by atoms with van der Waals surface area (Å²) in [7, 11) is 0. The number of halogens is 1. The third-order valence-corrected chi connectivity index (χ3v) is 2.00. The van der Waals surface area contributed by atoms with Crippen LogP contribution in [0.4, 0.5) is 0 Å². The fourth-order valence-electron chi connectivity index (χ4n) is 0.455. The molecule has 0 fully saturated rings. The van der Waals surface area contributed by atoms with Crippen LogP contribution >= 0.6 is 15.9 Å². The second kappa shape index (κ2) is 6.03. The number of hydrogen-bond acceptors (Lipinski definition) is 2. The van der Waals surface area contributed by atoms with Crippen molar-refractivity contribution in [2.24, 2.45) is 0 Å². The molecule has 0 rings (SSSR count). The van der Waals surface area contributed by atoms with Gasteiger partial charge in [-0.3, -0.25) is 0 Å². The van der Waals surface area contributed by atoms with Crippen LogP contribution in [-0.4, -0.2) is 11.2 Å². The Balaban J connectivity index is 4.02. The third kappa shape index (κ3) is 5.16. The number of aliphatic hydroxyl groups is 1. The predicted octanol–water partition coefficient (Wildman–Crippen LogP) is 2.71. The zero-order valence-corrected chi connectivity index (χ0v) is 8.84. The Morgan fingerprint density at radius 2 is 2.25 bits per heavy atom. The molecule has 0 aliphatic rings. The minimum absolute atomic E-state index is 0.486. The molecular formula is C9H13BrO2. The first kappa shape index (κ1) is 11.5. The highest BCUT2D eigenvalue weighted by Crippen LogP contribution is 2.13. The van der Waals surface area contributed by atoms with E-state index in [4.69, 9.17) is 9.84 Å². The minimum Gasteiger partial charge on any atom is -0.469 e. The summed E-state index contributed by atoms with van der Waals surface area (Å²) < 4.78 is 5.93. The summed E-state index contributed by atoms with van der Waals surface area (Å²) in [6.07, 6.45) is 4.16. The molecule has 0 aromatic rings. The maximum Gasteiger partial charge on any atom is 0.114 e. The smallest absolute Gasteiger partial charge is 0.114 e. The van der Waals surface area contributed by atoms with Crippen molar-refractivity contribution in [2.45, 2.75) is 20.0 Å². The van der Waals surface area contributed by atoms with E-state index in [2.05, 4.69) is 22.5 Å². The summed E-state index contributed by atoms with van der Waals surface area (Å²) in [5.74, 6) is 0.710. The highest BCUT2D eigenvalue weighted by molar-refractivity contribution is 9.11. The third-order valence-electron chi connectivity index (χ3n) is 1.12. The molecule has 0 amide bonds. The number of allylic oxidation sites excluding steroid dienone is 3. The SMILES string of the molecule is C=C/C(Br)=C(\C)O/C=C\C(C)O. The molecule has 0 saturated carbocycles. The summed E-state index contributed by atoms with van der Waals surface area (Å²) in [6, 6.07) is 0. The second-order valence-electron chi connectivity index (χ2n) is 2.30. The molecule has 0 aliphatic carbocycles. The molecule has 0 saturated heterocycles. The van der Waals surface area contributed by atoms with Gasteiger partial charge in [-0.05, 0) is 35.9 Å². The van der Waals surface area contributed by atoms with Gasteiger partial charge in [0, 0.05) is 0 Å². The normalized spacial score (nSPS) is 15.7. The molecule has 0 spiro atoms.